The number of hydroxylamine groups is 1. The van der Waals surface area contributed by atoms with E-state index in [-0.39, 0.29) is 6.61 Å². The van der Waals surface area contributed by atoms with Gasteiger partial charge in [-0.2, -0.15) is 0 Å². The molecule has 16 heavy (non-hydrogen) atoms. The van der Waals surface area contributed by atoms with Gasteiger partial charge in [0.25, 0.3) is 5.91 Å². The summed E-state index contributed by atoms with van der Waals surface area (Å²) in [6, 6.07) is 0. The van der Waals surface area contributed by atoms with Crippen molar-refractivity contribution < 1.29 is 29.0 Å². The number of amides is 1. The first-order chi connectivity index (χ1) is 7.65. The van der Waals surface area contributed by atoms with Crippen LogP contribution in [0.1, 0.15) is 12.8 Å². The molecule has 1 rings (SSSR count). The molecule has 0 bridgehead atoms. The van der Waals surface area contributed by atoms with Gasteiger partial charge in [-0.1, -0.05) is 0 Å². The van der Waals surface area contributed by atoms with E-state index in [0.29, 0.717) is 19.4 Å². The lowest BCUT2D eigenvalue weighted by Crippen LogP contribution is -2.36. The summed E-state index contributed by atoms with van der Waals surface area (Å²) < 4.78 is 9.73. The van der Waals surface area contributed by atoms with Crippen molar-refractivity contribution in [1.82, 2.24) is 5.48 Å². The van der Waals surface area contributed by atoms with Crippen LogP contribution in [0.25, 0.3) is 0 Å². The van der Waals surface area contributed by atoms with E-state index in [1.165, 1.54) is 7.11 Å². The van der Waals surface area contributed by atoms with Crippen molar-refractivity contribution in [3.8, 4) is 0 Å². The minimum Gasteiger partial charge on any atom is -0.479 e. The van der Waals surface area contributed by atoms with Gasteiger partial charge in [-0.05, 0) is 12.8 Å². The van der Waals surface area contributed by atoms with Gasteiger partial charge in [0.15, 0.2) is 6.10 Å². The monoisotopic (exact) mass is 233 g/mol. The maximum atomic E-state index is 11.4. The van der Waals surface area contributed by atoms with Crippen LogP contribution in [0.3, 0.4) is 0 Å². The van der Waals surface area contributed by atoms with Crippen LogP contribution in [0.15, 0.2) is 0 Å². The van der Waals surface area contributed by atoms with Gasteiger partial charge >= 0.3 is 5.97 Å². The number of hydrogen-bond donors (Lipinski definition) is 2. The van der Waals surface area contributed by atoms with E-state index in [4.69, 9.17) is 19.4 Å². The first-order valence-corrected chi connectivity index (χ1v) is 4.94. The van der Waals surface area contributed by atoms with Crippen LogP contribution in [-0.2, 0) is 23.9 Å². The number of carboxylic acid groups (broad SMARTS) is 1. The molecule has 1 aliphatic rings. The molecule has 0 aromatic rings. The number of nitrogens with one attached hydrogen (secondary N) is 1. The molecule has 1 amide bonds. The van der Waals surface area contributed by atoms with Crippen LogP contribution in [0.2, 0.25) is 0 Å². The first kappa shape index (κ1) is 12.9. The van der Waals surface area contributed by atoms with Gasteiger partial charge < -0.3 is 14.6 Å². The highest BCUT2D eigenvalue weighted by Crippen LogP contribution is 2.19. The van der Waals surface area contributed by atoms with Crippen LogP contribution in [0.4, 0.5) is 0 Å². The molecule has 1 aliphatic heterocycles. The van der Waals surface area contributed by atoms with E-state index in [2.05, 4.69) is 5.48 Å². The number of aliphatic carboxylic acids is 1. The van der Waals surface area contributed by atoms with Crippen molar-refractivity contribution in [2.45, 2.75) is 25.0 Å². The molecule has 0 aliphatic carbocycles. The zero-order valence-corrected chi connectivity index (χ0v) is 8.97. The summed E-state index contributed by atoms with van der Waals surface area (Å²) in [5.74, 6) is -1.50. The third kappa shape index (κ3) is 3.76. The number of hydrogen-bond acceptors (Lipinski definition) is 5. The number of ether oxygens (including phenoxy) is 2. The molecule has 0 spiro atoms. The van der Waals surface area contributed by atoms with E-state index in [9.17, 15) is 9.59 Å². The normalized spacial score (nSPS) is 24.3. The first-order valence-electron chi connectivity index (χ1n) is 4.94. The molecule has 7 heteroatoms. The zero-order valence-electron chi connectivity index (χ0n) is 8.97. The average Bonchev–Trinajstić information content (AvgIpc) is 2.73. The molecule has 0 saturated carbocycles. The third-order valence-electron chi connectivity index (χ3n) is 2.15. The van der Waals surface area contributed by atoms with Crippen molar-refractivity contribution in [1.29, 1.82) is 0 Å². The lowest BCUT2D eigenvalue weighted by molar-refractivity contribution is -0.155. The Morgan fingerprint density at radius 1 is 1.38 bits per heavy atom. The summed E-state index contributed by atoms with van der Waals surface area (Å²) >= 11 is 0. The molecule has 0 unspecified atom stereocenters. The molecule has 1 saturated heterocycles. The predicted octanol–water partition coefficient (Wildman–Crippen LogP) is -0.687. The third-order valence-corrected chi connectivity index (χ3v) is 2.15. The Hall–Kier alpha value is -1.18. The lowest BCUT2D eigenvalue weighted by Gasteiger charge is -2.11. The Balaban J connectivity index is 2.20. The van der Waals surface area contributed by atoms with Crippen LogP contribution >= 0.6 is 0 Å². The maximum Gasteiger partial charge on any atom is 0.332 e. The second-order valence-corrected chi connectivity index (χ2v) is 3.34. The number of methoxy groups -OCH3 is 1. The number of carbonyl (C=O) groups is 2. The molecular formula is C9H15NO6. The van der Waals surface area contributed by atoms with Crippen molar-refractivity contribution in [2.75, 3.05) is 20.3 Å². The smallest absolute Gasteiger partial charge is 0.332 e. The van der Waals surface area contributed by atoms with Gasteiger partial charge in [-0.25, -0.2) is 10.3 Å². The van der Waals surface area contributed by atoms with E-state index < -0.39 is 24.1 Å². The van der Waals surface area contributed by atoms with E-state index >= 15 is 0 Å². The Kier molecular flexibility index (Phi) is 5.17. The summed E-state index contributed by atoms with van der Waals surface area (Å²) in [4.78, 5) is 26.7. The molecule has 1 fully saturated rings. The number of carboxylic acids is 1. The molecule has 2 N–H and O–H groups in total. The number of carbonyl (C=O) groups excluding carboxylic acids is 1. The fourth-order valence-corrected chi connectivity index (χ4v) is 1.32. The quantitative estimate of drug-likeness (QED) is 0.466. The maximum absolute atomic E-state index is 11.4. The molecule has 0 aromatic carbocycles. The van der Waals surface area contributed by atoms with Gasteiger partial charge in [0.1, 0.15) is 6.10 Å². The Bertz CT molecular complexity index is 256. The fourth-order valence-electron chi connectivity index (χ4n) is 1.32. The number of rotatable bonds is 6. The molecule has 0 aromatic heterocycles. The molecular weight excluding hydrogens is 218 g/mol. The topological polar surface area (TPSA) is 94.1 Å². The summed E-state index contributed by atoms with van der Waals surface area (Å²) in [6.07, 6.45) is -0.916. The highest BCUT2D eigenvalue weighted by Gasteiger charge is 2.34. The standard InChI is InChI=1S/C9H15NO6/c1-14-4-5-15-10-8(11)6-2-3-7(16-6)9(12)13/h6-7H,2-5H2,1H3,(H,10,11)(H,12,13)/t6-,7+/m0/s1. The Morgan fingerprint density at radius 2 is 2.06 bits per heavy atom. The van der Waals surface area contributed by atoms with E-state index in [1.54, 1.807) is 0 Å². The van der Waals surface area contributed by atoms with Gasteiger partial charge in [0.05, 0.1) is 13.2 Å². The lowest BCUT2D eigenvalue weighted by atomic mass is 10.2. The molecule has 7 nitrogen and oxygen atoms in total. The Labute approximate surface area is 92.6 Å². The van der Waals surface area contributed by atoms with Crippen molar-refractivity contribution in [3.05, 3.63) is 0 Å². The largest absolute Gasteiger partial charge is 0.479 e. The highest BCUT2D eigenvalue weighted by molar-refractivity contribution is 5.81. The fraction of sp³-hybridized carbons (Fsp3) is 0.778. The Morgan fingerprint density at radius 3 is 2.62 bits per heavy atom. The SMILES string of the molecule is COCCONC(=O)[C@@H]1CC[C@H](C(=O)O)O1. The van der Waals surface area contributed by atoms with Crippen LogP contribution in [0, 0.1) is 0 Å². The van der Waals surface area contributed by atoms with Crippen molar-refractivity contribution >= 4 is 11.9 Å². The van der Waals surface area contributed by atoms with Crippen LogP contribution < -0.4 is 5.48 Å². The second-order valence-electron chi connectivity index (χ2n) is 3.34. The molecule has 2 atom stereocenters. The highest BCUT2D eigenvalue weighted by atomic mass is 16.7. The molecule has 92 valence electrons. The summed E-state index contributed by atoms with van der Waals surface area (Å²) in [5.41, 5.74) is 2.18. The average molecular weight is 233 g/mol. The molecule has 0 radical (unpaired) electrons. The zero-order chi connectivity index (χ0) is 12.0. The van der Waals surface area contributed by atoms with E-state index in [0.717, 1.165) is 0 Å². The van der Waals surface area contributed by atoms with Gasteiger partial charge in [-0.15, -0.1) is 0 Å². The van der Waals surface area contributed by atoms with Crippen LogP contribution in [-0.4, -0.2) is 49.5 Å². The van der Waals surface area contributed by atoms with E-state index in [1.807, 2.05) is 0 Å². The minimum absolute atomic E-state index is 0.233. The van der Waals surface area contributed by atoms with Crippen molar-refractivity contribution in [2.24, 2.45) is 0 Å². The van der Waals surface area contributed by atoms with Gasteiger partial charge in [-0.3, -0.25) is 9.63 Å². The predicted molar refractivity (Wildman–Crippen MR) is 51.5 cm³/mol. The summed E-state index contributed by atoms with van der Waals surface area (Å²) in [6.45, 7) is 0.598. The minimum atomic E-state index is -1.05. The summed E-state index contributed by atoms with van der Waals surface area (Å²) in [7, 11) is 1.52. The molecule has 1 heterocycles. The van der Waals surface area contributed by atoms with Gasteiger partial charge in [0.2, 0.25) is 0 Å². The van der Waals surface area contributed by atoms with Crippen LogP contribution in [0.5, 0.6) is 0 Å². The summed E-state index contributed by atoms with van der Waals surface area (Å²) in [5, 5.41) is 8.65. The van der Waals surface area contributed by atoms with Crippen molar-refractivity contribution in [3.63, 3.8) is 0 Å². The van der Waals surface area contributed by atoms with Gasteiger partial charge in [0, 0.05) is 7.11 Å². The second kappa shape index (κ2) is 6.41.